The Kier molecular flexibility index (Phi) is 6.04. The van der Waals surface area contributed by atoms with Gasteiger partial charge in [0, 0.05) is 42.3 Å². The van der Waals surface area contributed by atoms with E-state index in [4.69, 9.17) is 4.98 Å². The fourth-order valence-electron chi connectivity index (χ4n) is 4.36. The molecule has 8 heteroatoms. The number of pyridine rings is 1. The van der Waals surface area contributed by atoms with Crippen molar-refractivity contribution in [3.05, 3.63) is 42.8 Å². The molecule has 2 N–H and O–H groups in total. The molecule has 0 unspecified atom stereocenters. The summed E-state index contributed by atoms with van der Waals surface area (Å²) in [6.07, 6.45) is 7.35. The van der Waals surface area contributed by atoms with Gasteiger partial charge in [0.15, 0.2) is 0 Å². The lowest BCUT2D eigenvalue weighted by molar-refractivity contribution is -0.121. The van der Waals surface area contributed by atoms with Gasteiger partial charge in [0.25, 0.3) is 5.56 Å². The average molecular weight is 428 g/mol. The SMILES string of the molecule is Cc1nn(C)c2[nH]c(=O)c(CCC(=O)NCCCc3nc4c(s3)CCCC4)c(C)c12. The molecule has 0 bridgehead atoms. The van der Waals surface area contributed by atoms with Crippen LogP contribution in [-0.4, -0.2) is 32.2 Å². The van der Waals surface area contributed by atoms with Crippen LogP contribution >= 0.6 is 11.3 Å². The Balaban J connectivity index is 1.28. The minimum absolute atomic E-state index is 0.0183. The quantitative estimate of drug-likeness (QED) is 0.567. The van der Waals surface area contributed by atoms with Crippen LogP contribution in [0.4, 0.5) is 0 Å². The van der Waals surface area contributed by atoms with Crippen molar-refractivity contribution in [2.45, 2.75) is 65.2 Å². The number of hydrogen-bond acceptors (Lipinski definition) is 5. The van der Waals surface area contributed by atoms with E-state index < -0.39 is 0 Å². The molecule has 30 heavy (non-hydrogen) atoms. The second kappa shape index (κ2) is 8.71. The molecule has 0 spiro atoms. The van der Waals surface area contributed by atoms with E-state index >= 15 is 0 Å². The fourth-order valence-corrected chi connectivity index (χ4v) is 5.56. The fraction of sp³-hybridized carbons (Fsp3) is 0.545. The molecular weight excluding hydrogens is 398 g/mol. The zero-order valence-corrected chi connectivity index (χ0v) is 18.7. The lowest BCUT2D eigenvalue weighted by atomic mass is 10.0. The highest BCUT2D eigenvalue weighted by Crippen LogP contribution is 2.27. The van der Waals surface area contributed by atoms with Gasteiger partial charge in [-0.3, -0.25) is 14.3 Å². The first-order valence-electron chi connectivity index (χ1n) is 10.7. The Bertz CT molecular complexity index is 1120. The third kappa shape index (κ3) is 4.19. The number of thiazole rings is 1. The van der Waals surface area contributed by atoms with Gasteiger partial charge < -0.3 is 10.3 Å². The van der Waals surface area contributed by atoms with Crippen LogP contribution in [0.5, 0.6) is 0 Å². The van der Waals surface area contributed by atoms with E-state index in [1.54, 1.807) is 4.68 Å². The van der Waals surface area contributed by atoms with Crippen molar-refractivity contribution in [1.82, 2.24) is 25.1 Å². The number of fused-ring (bicyclic) bond motifs is 2. The Morgan fingerprint density at radius 1 is 1.23 bits per heavy atom. The lowest BCUT2D eigenvalue weighted by Crippen LogP contribution is -2.26. The summed E-state index contributed by atoms with van der Waals surface area (Å²) >= 11 is 1.84. The minimum atomic E-state index is -0.136. The van der Waals surface area contributed by atoms with E-state index in [0.717, 1.165) is 41.6 Å². The Hall–Kier alpha value is -2.48. The molecule has 0 aliphatic heterocycles. The van der Waals surface area contributed by atoms with Gasteiger partial charge in [-0.15, -0.1) is 11.3 Å². The summed E-state index contributed by atoms with van der Waals surface area (Å²) in [7, 11) is 1.82. The van der Waals surface area contributed by atoms with E-state index in [2.05, 4.69) is 15.4 Å². The van der Waals surface area contributed by atoms with Crippen molar-refractivity contribution in [3.8, 4) is 0 Å². The molecule has 1 aliphatic carbocycles. The van der Waals surface area contributed by atoms with Crippen molar-refractivity contribution in [1.29, 1.82) is 0 Å². The second-order valence-corrected chi connectivity index (χ2v) is 9.30. The molecule has 0 aromatic carbocycles. The predicted molar refractivity (Wildman–Crippen MR) is 119 cm³/mol. The van der Waals surface area contributed by atoms with Crippen molar-refractivity contribution >= 4 is 28.3 Å². The summed E-state index contributed by atoms with van der Waals surface area (Å²) in [4.78, 5) is 33.9. The van der Waals surface area contributed by atoms with E-state index in [1.807, 2.05) is 32.2 Å². The third-order valence-corrected chi connectivity index (χ3v) is 7.15. The molecule has 3 aromatic rings. The van der Waals surface area contributed by atoms with Crippen LogP contribution in [0, 0.1) is 13.8 Å². The summed E-state index contributed by atoms with van der Waals surface area (Å²) in [5.74, 6) is -0.0183. The van der Waals surface area contributed by atoms with Crippen LogP contribution in [0.3, 0.4) is 0 Å². The molecule has 4 rings (SSSR count). The molecule has 0 fully saturated rings. The summed E-state index contributed by atoms with van der Waals surface area (Å²) in [5.41, 5.74) is 4.36. The molecule has 1 aliphatic rings. The van der Waals surface area contributed by atoms with Gasteiger partial charge in [0.2, 0.25) is 5.91 Å². The van der Waals surface area contributed by atoms with E-state index in [0.29, 0.717) is 24.9 Å². The van der Waals surface area contributed by atoms with Crippen LogP contribution in [-0.2, 0) is 37.5 Å². The van der Waals surface area contributed by atoms with Crippen molar-refractivity contribution in [2.75, 3.05) is 6.54 Å². The molecular formula is C22H29N5O2S. The van der Waals surface area contributed by atoms with Gasteiger partial charge in [-0.2, -0.15) is 5.10 Å². The number of aryl methyl sites for hydroxylation is 6. The zero-order chi connectivity index (χ0) is 21.3. The highest BCUT2D eigenvalue weighted by Gasteiger charge is 2.16. The smallest absolute Gasteiger partial charge is 0.253 e. The Morgan fingerprint density at radius 3 is 2.83 bits per heavy atom. The first kappa shape index (κ1) is 20.8. The predicted octanol–water partition coefficient (Wildman–Crippen LogP) is 2.90. The van der Waals surface area contributed by atoms with E-state index in [-0.39, 0.29) is 11.5 Å². The minimum Gasteiger partial charge on any atom is -0.356 e. The topological polar surface area (TPSA) is 92.7 Å². The molecule has 0 saturated heterocycles. The lowest BCUT2D eigenvalue weighted by Gasteiger charge is -2.08. The first-order chi connectivity index (χ1) is 14.4. The average Bonchev–Trinajstić information content (AvgIpc) is 3.25. The molecule has 0 radical (unpaired) electrons. The number of rotatable bonds is 7. The summed E-state index contributed by atoms with van der Waals surface area (Å²) in [5, 5.41) is 9.54. The molecule has 0 saturated carbocycles. The number of hydrogen-bond donors (Lipinski definition) is 2. The molecule has 3 heterocycles. The van der Waals surface area contributed by atoms with Crippen molar-refractivity contribution in [2.24, 2.45) is 7.05 Å². The summed E-state index contributed by atoms with van der Waals surface area (Å²) < 4.78 is 1.69. The second-order valence-electron chi connectivity index (χ2n) is 8.13. The number of nitrogens with zero attached hydrogens (tertiary/aromatic N) is 3. The molecule has 0 atom stereocenters. The van der Waals surface area contributed by atoms with Gasteiger partial charge in [0.05, 0.1) is 16.4 Å². The van der Waals surface area contributed by atoms with E-state index in [1.165, 1.54) is 34.8 Å². The molecule has 3 aromatic heterocycles. The summed E-state index contributed by atoms with van der Waals surface area (Å²) in [6.45, 7) is 4.51. The van der Waals surface area contributed by atoms with Crippen LogP contribution in [0.2, 0.25) is 0 Å². The van der Waals surface area contributed by atoms with Gasteiger partial charge >= 0.3 is 0 Å². The number of carbonyl (C=O) groups is 1. The number of H-pyrrole nitrogens is 1. The van der Waals surface area contributed by atoms with Gasteiger partial charge in [-0.1, -0.05) is 0 Å². The third-order valence-electron chi connectivity index (χ3n) is 5.94. The maximum Gasteiger partial charge on any atom is 0.253 e. The molecule has 1 amide bonds. The van der Waals surface area contributed by atoms with Gasteiger partial charge in [-0.25, -0.2) is 4.98 Å². The number of aromatic amines is 1. The standard InChI is InChI=1S/C22H29N5O2S/c1-13-15(22(29)25-21-20(13)14(2)26-27(21)3)10-11-18(28)23-12-6-9-19-24-16-7-4-5-8-17(16)30-19/h4-12H2,1-3H3,(H,23,28)(H,25,29). The Morgan fingerprint density at radius 2 is 2.03 bits per heavy atom. The summed E-state index contributed by atoms with van der Waals surface area (Å²) in [6, 6.07) is 0. The normalized spacial score (nSPS) is 13.6. The monoisotopic (exact) mass is 427 g/mol. The van der Waals surface area contributed by atoms with Crippen LogP contribution in [0.1, 0.15) is 58.1 Å². The highest BCUT2D eigenvalue weighted by molar-refractivity contribution is 7.11. The van der Waals surface area contributed by atoms with Crippen LogP contribution in [0.15, 0.2) is 4.79 Å². The van der Waals surface area contributed by atoms with E-state index in [9.17, 15) is 9.59 Å². The molecule has 7 nitrogen and oxygen atoms in total. The number of aromatic nitrogens is 4. The zero-order valence-electron chi connectivity index (χ0n) is 17.9. The largest absolute Gasteiger partial charge is 0.356 e. The number of carbonyl (C=O) groups excluding carboxylic acids is 1. The number of amides is 1. The van der Waals surface area contributed by atoms with Crippen LogP contribution < -0.4 is 10.9 Å². The van der Waals surface area contributed by atoms with Gasteiger partial charge in [-0.05, 0) is 57.9 Å². The number of nitrogens with one attached hydrogen (secondary N) is 2. The van der Waals surface area contributed by atoms with Crippen LogP contribution in [0.25, 0.3) is 11.0 Å². The Labute approximate surface area is 179 Å². The van der Waals surface area contributed by atoms with Gasteiger partial charge in [0.1, 0.15) is 5.65 Å². The first-order valence-corrected chi connectivity index (χ1v) is 11.5. The van der Waals surface area contributed by atoms with Crippen molar-refractivity contribution < 1.29 is 4.79 Å². The maximum atomic E-state index is 12.5. The molecule has 160 valence electrons. The highest BCUT2D eigenvalue weighted by atomic mass is 32.1. The maximum absolute atomic E-state index is 12.5. The van der Waals surface area contributed by atoms with Crippen molar-refractivity contribution in [3.63, 3.8) is 0 Å².